The van der Waals surface area contributed by atoms with Crippen molar-refractivity contribution in [2.75, 3.05) is 7.11 Å². The first-order valence-electron chi connectivity index (χ1n) is 6.51. The predicted molar refractivity (Wildman–Crippen MR) is 78.7 cm³/mol. The quantitative estimate of drug-likeness (QED) is 0.692. The molecule has 0 radical (unpaired) electrons. The van der Waals surface area contributed by atoms with E-state index < -0.39 is 5.97 Å². The zero-order chi connectivity index (χ0) is 15.4. The largest absolute Gasteiger partial charge is 0.508 e. The maximum Gasteiger partial charge on any atom is 0.337 e. The number of aromatic hydroxyl groups is 1. The minimum Gasteiger partial charge on any atom is -0.508 e. The van der Waals surface area contributed by atoms with Crippen LogP contribution in [0.5, 0.6) is 5.75 Å². The van der Waals surface area contributed by atoms with Gasteiger partial charge in [-0.25, -0.2) is 4.79 Å². The minimum absolute atomic E-state index is 0.0202. The van der Waals surface area contributed by atoms with Gasteiger partial charge < -0.3 is 9.84 Å². The molecular weight excluding hydrogens is 268 g/mol. The maximum absolute atomic E-state index is 11.4. The fourth-order valence-corrected chi connectivity index (χ4v) is 2.04. The van der Waals surface area contributed by atoms with Crippen molar-refractivity contribution in [2.45, 2.75) is 13.3 Å². The number of ketones is 1. The maximum atomic E-state index is 11.4. The smallest absolute Gasteiger partial charge is 0.337 e. The first kappa shape index (κ1) is 14.8. The minimum atomic E-state index is -0.484. The van der Waals surface area contributed by atoms with Crippen LogP contribution >= 0.6 is 0 Å². The van der Waals surface area contributed by atoms with Crippen molar-refractivity contribution in [1.29, 1.82) is 0 Å². The van der Waals surface area contributed by atoms with Gasteiger partial charge in [0.1, 0.15) is 5.75 Å². The molecule has 1 N–H and O–H groups in total. The second-order valence-corrected chi connectivity index (χ2v) is 4.76. The third-order valence-electron chi connectivity index (χ3n) is 3.26. The number of esters is 1. The average molecular weight is 284 g/mol. The highest BCUT2D eigenvalue weighted by Gasteiger charge is 2.10. The summed E-state index contributed by atoms with van der Waals surface area (Å²) >= 11 is 0. The second kappa shape index (κ2) is 6.22. The highest BCUT2D eigenvalue weighted by molar-refractivity contribution is 5.94. The van der Waals surface area contributed by atoms with Crippen LogP contribution in [0.15, 0.2) is 42.5 Å². The lowest BCUT2D eigenvalue weighted by Gasteiger charge is -2.07. The van der Waals surface area contributed by atoms with E-state index in [0.29, 0.717) is 23.1 Å². The molecule has 4 nitrogen and oxygen atoms in total. The Kier molecular flexibility index (Phi) is 4.38. The first-order chi connectivity index (χ1) is 10.0. The van der Waals surface area contributed by atoms with Gasteiger partial charge in [0.2, 0.25) is 0 Å². The SMILES string of the molecule is COC(=O)c1ccc(Cc2ccc(C(C)=O)cc2)c(O)c1. The summed E-state index contributed by atoms with van der Waals surface area (Å²) in [6.45, 7) is 1.52. The summed E-state index contributed by atoms with van der Waals surface area (Å²) in [5.74, 6) is -0.414. The molecule has 0 spiro atoms. The van der Waals surface area contributed by atoms with E-state index in [1.807, 2.05) is 12.1 Å². The fourth-order valence-electron chi connectivity index (χ4n) is 2.04. The third kappa shape index (κ3) is 3.48. The van der Waals surface area contributed by atoms with E-state index in [1.54, 1.807) is 24.3 Å². The van der Waals surface area contributed by atoms with Crippen LogP contribution in [0.3, 0.4) is 0 Å². The molecule has 2 rings (SSSR count). The summed E-state index contributed by atoms with van der Waals surface area (Å²) < 4.78 is 4.60. The van der Waals surface area contributed by atoms with Crippen molar-refractivity contribution in [3.05, 3.63) is 64.7 Å². The number of rotatable bonds is 4. The number of hydrogen-bond donors (Lipinski definition) is 1. The van der Waals surface area contributed by atoms with E-state index in [2.05, 4.69) is 4.74 Å². The molecule has 0 saturated heterocycles. The Morgan fingerprint density at radius 2 is 1.67 bits per heavy atom. The van der Waals surface area contributed by atoms with E-state index in [1.165, 1.54) is 20.1 Å². The molecule has 0 amide bonds. The lowest BCUT2D eigenvalue weighted by Crippen LogP contribution is -2.01. The number of benzene rings is 2. The molecule has 0 aliphatic heterocycles. The van der Waals surface area contributed by atoms with Gasteiger partial charge in [-0.05, 0) is 30.2 Å². The van der Waals surface area contributed by atoms with Crippen molar-refractivity contribution < 1.29 is 19.4 Å². The topological polar surface area (TPSA) is 63.6 Å². The van der Waals surface area contributed by atoms with Crippen molar-refractivity contribution in [2.24, 2.45) is 0 Å². The zero-order valence-corrected chi connectivity index (χ0v) is 11.9. The standard InChI is InChI=1S/C17H16O4/c1-11(18)13-5-3-12(4-6-13)9-14-7-8-15(10-16(14)19)17(20)21-2/h3-8,10,19H,9H2,1-2H3. The molecule has 0 saturated carbocycles. The highest BCUT2D eigenvalue weighted by Crippen LogP contribution is 2.22. The van der Waals surface area contributed by atoms with Crippen LogP contribution in [-0.2, 0) is 11.2 Å². The van der Waals surface area contributed by atoms with Gasteiger partial charge in [0, 0.05) is 12.0 Å². The van der Waals surface area contributed by atoms with Gasteiger partial charge in [0.25, 0.3) is 0 Å². The van der Waals surface area contributed by atoms with Crippen molar-refractivity contribution in [3.8, 4) is 5.75 Å². The van der Waals surface area contributed by atoms with Crippen LogP contribution in [0, 0.1) is 0 Å². The van der Waals surface area contributed by atoms with Gasteiger partial charge in [-0.2, -0.15) is 0 Å². The molecule has 0 fully saturated rings. The molecule has 0 heterocycles. The first-order valence-corrected chi connectivity index (χ1v) is 6.51. The van der Waals surface area contributed by atoms with Crippen molar-refractivity contribution in [1.82, 2.24) is 0 Å². The normalized spacial score (nSPS) is 10.2. The van der Waals surface area contributed by atoms with Gasteiger partial charge in [-0.1, -0.05) is 30.3 Å². The lowest BCUT2D eigenvalue weighted by atomic mass is 10.0. The second-order valence-electron chi connectivity index (χ2n) is 4.76. The summed E-state index contributed by atoms with van der Waals surface area (Å²) in [5, 5.41) is 9.98. The molecule has 21 heavy (non-hydrogen) atoms. The Hall–Kier alpha value is -2.62. The van der Waals surface area contributed by atoms with Gasteiger partial charge in [0.05, 0.1) is 12.7 Å². The lowest BCUT2D eigenvalue weighted by molar-refractivity contribution is 0.0600. The number of ether oxygens (including phenoxy) is 1. The molecular formula is C17H16O4. The van der Waals surface area contributed by atoms with Gasteiger partial charge in [-0.3, -0.25) is 4.79 Å². The number of carbonyl (C=O) groups excluding carboxylic acids is 2. The van der Waals surface area contributed by atoms with Crippen molar-refractivity contribution >= 4 is 11.8 Å². The Morgan fingerprint density at radius 3 is 2.19 bits per heavy atom. The van der Waals surface area contributed by atoms with Crippen LogP contribution in [0.2, 0.25) is 0 Å². The molecule has 4 heteroatoms. The molecule has 0 unspecified atom stereocenters. The summed E-state index contributed by atoms with van der Waals surface area (Å²) in [6.07, 6.45) is 0.519. The average Bonchev–Trinajstić information content (AvgIpc) is 2.49. The van der Waals surface area contributed by atoms with Gasteiger partial charge in [-0.15, -0.1) is 0 Å². The van der Waals surface area contributed by atoms with E-state index in [4.69, 9.17) is 0 Å². The van der Waals surface area contributed by atoms with E-state index in [0.717, 1.165) is 5.56 Å². The number of carbonyl (C=O) groups is 2. The molecule has 0 aliphatic carbocycles. The molecule has 0 atom stereocenters. The summed E-state index contributed by atoms with van der Waals surface area (Å²) in [6, 6.07) is 11.9. The van der Waals surface area contributed by atoms with Crippen LogP contribution in [0.1, 0.15) is 38.8 Å². The summed E-state index contributed by atoms with van der Waals surface area (Å²) in [5.41, 5.74) is 2.65. The van der Waals surface area contributed by atoms with Gasteiger partial charge >= 0.3 is 5.97 Å². The fraction of sp³-hybridized carbons (Fsp3) is 0.176. The monoisotopic (exact) mass is 284 g/mol. The third-order valence-corrected chi connectivity index (χ3v) is 3.26. The Bertz CT molecular complexity index is 672. The van der Waals surface area contributed by atoms with Crippen LogP contribution in [-0.4, -0.2) is 24.0 Å². The Morgan fingerprint density at radius 1 is 1.05 bits per heavy atom. The molecule has 0 bridgehead atoms. The number of Topliss-reactive ketones (excluding diaryl/α,β-unsaturated/α-hetero) is 1. The van der Waals surface area contributed by atoms with E-state index in [9.17, 15) is 14.7 Å². The molecule has 2 aromatic rings. The Labute approximate surface area is 123 Å². The Balaban J connectivity index is 2.19. The summed E-state index contributed by atoms with van der Waals surface area (Å²) in [4.78, 5) is 22.6. The van der Waals surface area contributed by atoms with Crippen LogP contribution in [0.4, 0.5) is 0 Å². The number of phenols is 1. The van der Waals surface area contributed by atoms with E-state index >= 15 is 0 Å². The molecule has 0 aromatic heterocycles. The molecule has 0 aliphatic rings. The van der Waals surface area contributed by atoms with E-state index in [-0.39, 0.29) is 11.5 Å². The number of phenolic OH excluding ortho intramolecular Hbond substituents is 1. The predicted octanol–water partition coefficient (Wildman–Crippen LogP) is 2.97. The summed E-state index contributed by atoms with van der Waals surface area (Å²) in [7, 11) is 1.30. The highest BCUT2D eigenvalue weighted by atomic mass is 16.5. The van der Waals surface area contributed by atoms with Gasteiger partial charge in [0.15, 0.2) is 5.78 Å². The van der Waals surface area contributed by atoms with Crippen molar-refractivity contribution in [3.63, 3.8) is 0 Å². The van der Waals surface area contributed by atoms with Crippen LogP contribution < -0.4 is 0 Å². The van der Waals surface area contributed by atoms with Crippen LogP contribution in [0.25, 0.3) is 0 Å². The zero-order valence-electron chi connectivity index (χ0n) is 11.9. The number of methoxy groups -OCH3 is 1. The molecule has 108 valence electrons. The molecule has 2 aromatic carbocycles. The number of hydrogen-bond acceptors (Lipinski definition) is 4.